The number of H-pyrrole nitrogens is 1. The zero-order valence-electron chi connectivity index (χ0n) is 11.5. The molecule has 0 fully saturated rings. The Hall–Kier alpha value is -2.54. The van der Waals surface area contributed by atoms with Crippen molar-refractivity contribution in [1.82, 2.24) is 4.98 Å². The summed E-state index contributed by atoms with van der Waals surface area (Å²) in [5.74, 6) is -2.51. The summed E-state index contributed by atoms with van der Waals surface area (Å²) in [4.78, 5) is 27.1. The van der Waals surface area contributed by atoms with E-state index in [2.05, 4.69) is 26.2 Å². The highest BCUT2D eigenvalue weighted by atomic mass is 79.9. The summed E-state index contributed by atoms with van der Waals surface area (Å²) in [6.07, 6.45) is 1.14. The minimum absolute atomic E-state index is 0.00787. The van der Waals surface area contributed by atoms with E-state index < -0.39 is 23.0 Å². The maximum Gasteiger partial charge on any atom is 0.261 e. The fraction of sp³-hybridized carbons (Fsp3) is 0. The predicted octanol–water partition coefficient (Wildman–Crippen LogP) is 3.82. The number of rotatable bonds is 2. The van der Waals surface area contributed by atoms with Crippen molar-refractivity contribution in [3.8, 4) is 0 Å². The minimum Gasteiger partial charge on any atom is -0.360 e. The number of carbonyl (C=O) groups is 1. The number of hydrogen-bond donors (Lipinski definition) is 2. The SMILES string of the molecule is O=C(Nc1cccc(Br)c1)c1c[nH]c2cc(F)cc(F)c2c1=O. The van der Waals surface area contributed by atoms with Crippen molar-refractivity contribution in [2.75, 3.05) is 5.32 Å². The molecule has 0 unspecified atom stereocenters. The van der Waals surface area contributed by atoms with Gasteiger partial charge in [-0.25, -0.2) is 8.78 Å². The smallest absolute Gasteiger partial charge is 0.261 e. The molecule has 1 amide bonds. The van der Waals surface area contributed by atoms with E-state index in [0.717, 1.165) is 16.7 Å². The van der Waals surface area contributed by atoms with E-state index in [1.165, 1.54) is 0 Å². The molecule has 0 atom stereocenters. The van der Waals surface area contributed by atoms with Crippen LogP contribution in [0.2, 0.25) is 0 Å². The van der Waals surface area contributed by atoms with Gasteiger partial charge in [0.1, 0.15) is 17.2 Å². The van der Waals surface area contributed by atoms with E-state index in [1.54, 1.807) is 24.3 Å². The first-order valence-corrected chi connectivity index (χ1v) is 7.32. The van der Waals surface area contributed by atoms with Crippen LogP contribution in [0.5, 0.6) is 0 Å². The molecular formula is C16H9BrF2N2O2. The van der Waals surface area contributed by atoms with Gasteiger partial charge >= 0.3 is 0 Å². The average molecular weight is 379 g/mol. The van der Waals surface area contributed by atoms with Crippen LogP contribution in [-0.4, -0.2) is 10.9 Å². The molecule has 3 aromatic rings. The number of amides is 1. The van der Waals surface area contributed by atoms with Gasteiger partial charge in [0.05, 0.1) is 10.9 Å². The summed E-state index contributed by atoms with van der Waals surface area (Å²) in [6.45, 7) is 0. The molecule has 7 heteroatoms. The fourth-order valence-electron chi connectivity index (χ4n) is 2.20. The second kappa shape index (κ2) is 5.92. The van der Waals surface area contributed by atoms with Gasteiger partial charge < -0.3 is 10.3 Å². The molecule has 3 rings (SSSR count). The van der Waals surface area contributed by atoms with Crippen LogP contribution in [0.3, 0.4) is 0 Å². The quantitative estimate of drug-likeness (QED) is 0.711. The first-order chi connectivity index (χ1) is 11.0. The van der Waals surface area contributed by atoms with Gasteiger partial charge in [-0.2, -0.15) is 0 Å². The molecule has 0 radical (unpaired) electrons. The first kappa shape index (κ1) is 15.4. The van der Waals surface area contributed by atoms with Crippen LogP contribution in [-0.2, 0) is 0 Å². The number of nitrogens with one attached hydrogen (secondary N) is 2. The Kier molecular flexibility index (Phi) is 3.96. The van der Waals surface area contributed by atoms with Crippen molar-refractivity contribution in [2.45, 2.75) is 0 Å². The molecule has 23 heavy (non-hydrogen) atoms. The Balaban J connectivity index is 2.05. The third-order valence-corrected chi connectivity index (χ3v) is 3.72. The zero-order chi connectivity index (χ0) is 16.6. The summed E-state index contributed by atoms with van der Waals surface area (Å²) < 4.78 is 27.8. The normalized spacial score (nSPS) is 10.7. The molecule has 0 spiro atoms. The number of pyridine rings is 1. The van der Waals surface area contributed by atoms with E-state index in [4.69, 9.17) is 0 Å². The Morgan fingerprint density at radius 1 is 1.17 bits per heavy atom. The fourth-order valence-corrected chi connectivity index (χ4v) is 2.60. The number of carbonyl (C=O) groups excluding carboxylic acids is 1. The molecule has 1 heterocycles. The van der Waals surface area contributed by atoms with Gasteiger partial charge in [-0.1, -0.05) is 22.0 Å². The molecule has 0 saturated carbocycles. The van der Waals surface area contributed by atoms with Gasteiger partial charge in [0, 0.05) is 22.4 Å². The highest BCUT2D eigenvalue weighted by Crippen LogP contribution is 2.18. The molecular weight excluding hydrogens is 370 g/mol. The lowest BCUT2D eigenvalue weighted by Gasteiger charge is -2.07. The highest BCUT2D eigenvalue weighted by molar-refractivity contribution is 9.10. The Bertz CT molecular complexity index is 985. The van der Waals surface area contributed by atoms with Crippen molar-refractivity contribution >= 4 is 38.4 Å². The van der Waals surface area contributed by atoms with Crippen molar-refractivity contribution < 1.29 is 13.6 Å². The lowest BCUT2D eigenvalue weighted by Crippen LogP contribution is -2.22. The van der Waals surface area contributed by atoms with Gasteiger partial charge in [0.15, 0.2) is 0 Å². The van der Waals surface area contributed by atoms with Crippen LogP contribution >= 0.6 is 15.9 Å². The van der Waals surface area contributed by atoms with Gasteiger partial charge in [-0.15, -0.1) is 0 Å². The van der Waals surface area contributed by atoms with Crippen molar-refractivity contribution in [2.24, 2.45) is 0 Å². The van der Waals surface area contributed by atoms with Gasteiger partial charge in [0.25, 0.3) is 5.91 Å². The number of halogens is 3. The standard InChI is InChI=1S/C16H9BrF2N2O2/c17-8-2-1-3-10(4-8)21-16(23)11-7-20-13-6-9(18)5-12(19)14(13)15(11)22/h1-7H,(H,20,22)(H,21,23). The lowest BCUT2D eigenvalue weighted by atomic mass is 10.1. The minimum atomic E-state index is -1.02. The molecule has 116 valence electrons. The second-order valence-corrected chi connectivity index (χ2v) is 5.72. The number of anilines is 1. The van der Waals surface area contributed by atoms with Crippen molar-refractivity contribution in [3.05, 3.63) is 74.5 Å². The molecule has 0 saturated heterocycles. The van der Waals surface area contributed by atoms with E-state index in [-0.39, 0.29) is 16.5 Å². The maximum absolute atomic E-state index is 13.8. The molecule has 0 aliphatic carbocycles. The van der Waals surface area contributed by atoms with Crippen LogP contribution in [0, 0.1) is 11.6 Å². The number of benzene rings is 2. The summed E-state index contributed by atoms with van der Waals surface area (Å²) in [7, 11) is 0. The molecule has 0 bridgehead atoms. The van der Waals surface area contributed by atoms with Crippen molar-refractivity contribution in [3.63, 3.8) is 0 Å². The summed E-state index contributed by atoms with van der Waals surface area (Å²) in [5, 5.41) is 2.20. The van der Waals surface area contributed by atoms with E-state index in [1.807, 2.05) is 0 Å². The molecule has 2 aromatic carbocycles. The van der Waals surface area contributed by atoms with Gasteiger partial charge in [0.2, 0.25) is 5.43 Å². The second-order valence-electron chi connectivity index (χ2n) is 4.81. The summed E-state index contributed by atoms with van der Waals surface area (Å²) in [5.41, 5.74) is -0.596. The zero-order valence-corrected chi connectivity index (χ0v) is 13.1. The third-order valence-electron chi connectivity index (χ3n) is 3.23. The average Bonchev–Trinajstić information content (AvgIpc) is 2.46. The Morgan fingerprint density at radius 3 is 2.70 bits per heavy atom. The number of fused-ring (bicyclic) bond motifs is 1. The van der Waals surface area contributed by atoms with Crippen LogP contribution in [0.25, 0.3) is 10.9 Å². The molecule has 0 aliphatic rings. The van der Waals surface area contributed by atoms with E-state index in [9.17, 15) is 18.4 Å². The van der Waals surface area contributed by atoms with Gasteiger partial charge in [-0.05, 0) is 24.3 Å². The summed E-state index contributed by atoms with van der Waals surface area (Å²) in [6, 6.07) is 8.40. The molecule has 1 aromatic heterocycles. The lowest BCUT2D eigenvalue weighted by molar-refractivity contribution is 0.102. The largest absolute Gasteiger partial charge is 0.360 e. The molecule has 0 aliphatic heterocycles. The van der Waals surface area contributed by atoms with Crippen LogP contribution in [0.15, 0.2) is 51.9 Å². The maximum atomic E-state index is 13.8. The number of hydrogen-bond acceptors (Lipinski definition) is 2. The molecule has 4 nitrogen and oxygen atoms in total. The highest BCUT2D eigenvalue weighted by Gasteiger charge is 2.16. The Labute approximate surface area is 137 Å². The van der Waals surface area contributed by atoms with Crippen molar-refractivity contribution in [1.29, 1.82) is 0 Å². The van der Waals surface area contributed by atoms with Gasteiger partial charge in [-0.3, -0.25) is 9.59 Å². The number of aromatic nitrogens is 1. The van der Waals surface area contributed by atoms with E-state index in [0.29, 0.717) is 11.8 Å². The number of aromatic amines is 1. The van der Waals surface area contributed by atoms with Crippen LogP contribution in [0.1, 0.15) is 10.4 Å². The van der Waals surface area contributed by atoms with Crippen LogP contribution in [0.4, 0.5) is 14.5 Å². The van der Waals surface area contributed by atoms with E-state index >= 15 is 0 Å². The van der Waals surface area contributed by atoms with Crippen LogP contribution < -0.4 is 10.7 Å². The Morgan fingerprint density at radius 2 is 1.96 bits per heavy atom. The predicted molar refractivity (Wildman–Crippen MR) is 86.6 cm³/mol. The first-order valence-electron chi connectivity index (χ1n) is 6.53. The third kappa shape index (κ3) is 3.00. The topological polar surface area (TPSA) is 62.0 Å². The monoisotopic (exact) mass is 378 g/mol. The molecule has 2 N–H and O–H groups in total. The summed E-state index contributed by atoms with van der Waals surface area (Å²) >= 11 is 3.27.